The van der Waals surface area contributed by atoms with E-state index in [4.69, 9.17) is 11.6 Å². The molecule has 0 aliphatic carbocycles. The van der Waals surface area contributed by atoms with E-state index in [0.29, 0.717) is 28.3 Å². The first-order chi connectivity index (χ1) is 13.7. The van der Waals surface area contributed by atoms with E-state index in [1.807, 2.05) is 13.8 Å². The minimum atomic E-state index is -0.726. The molecule has 0 heterocycles. The molecule has 2 atom stereocenters. The number of anilines is 1. The van der Waals surface area contributed by atoms with Gasteiger partial charge in [-0.05, 0) is 48.4 Å². The quantitative estimate of drug-likeness (QED) is 0.721. The average molecular weight is 416 g/mol. The molecule has 154 valence electrons. The summed E-state index contributed by atoms with van der Waals surface area (Å²) in [6.45, 7) is 3.86. The molecule has 0 aromatic heterocycles. The summed E-state index contributed by atoms with van der Waals surface area (Å²) in [6.07, 6.45) is 0.706. The summed E-state index contributed by atoms with van der Waals surface area (Å²) in [6, 6.07) is 12.5. The van der Waals surface area contributed by atoms with Crippen molar-refractivity contribution in [3.63, 3.8) is 0 Å². The Labute approximate surface area is 176 Å². The highest BCUT2D eigenvalue weighted by atomic mass is 35.5. The van der Waals surface area contributed by atoms with Crippen LogP contribution in [0.25, 0.3) is 0 Å². The standard InChI is InChI=1S/C22H26ClN3O3/c1-5-14(2)19(25-20(27)15-9-11-17(23)12-10-15)21(28)24-18-8-6-7-16(13-18)22(29)26(3)4/h6-14,19H,5H2,1-4H3,(H,24,28)(H,25,27). The van der Waals surface area contributed by atoms with Crippen LogP contribution in [0.3, 0.4) is 0 Å². The SMILES string of the molecule is CCC(C)C(NC(=O)c1ccc(Cl)cc1)C(=O)Nc1cccc(C(=O)N(C)C)c1. The van der Waals surface area contributed by atoms with Crippen molar-refractivity contribution in [2.45, 2.75) is 26.3 Å². The number of nitrogens with one attached hydrogen (secondary N) is 2. The van der Waals surface area contributed by atoms with Gasteiger partial charge in [0.05, 0.1) is 0 Å². The molecular formula is C22H26ClN3O3. The van der Waals surface area contributed by atoms with E-state index >= 15 is 0 Å². The highest BCUT2D eigenvalue weighted by Crippen LogP contribution is 2.16. The van der Waals surface area contributed by atoms with Crippen molar-refractivity contribution in [3.05, 3.63) is 64.7 Å². The maximum Gasteiger partial charge on any atom is 0.253 e. The van der Waals surface area contributed by atoms with Crippen molar-refractivity contribution in [1.82, 2.24) is 10.2 Å². The van der Waals surface area contributed by atoms with Crippen LogP contribution in [-0.4, -0.2) is 42.8 Å². The van der Waals surface area contributed by atoms with E-state index < -0.39 is 6.04 Å². The second-order valence-corrected chi connectivity index (χ2v) is 7.55. The van der Waals surface area contributed by atoms with Gasteiger partial charge in [0.2, 0.25) is 5.91 Å². The van der Waals surface area contributed by atoms with Crippen molar-refractivity contribution < 1.29 is 14.4 Å². The summed E-state index contributed by atoms with van der Waals surface area (Å²) in [7, 11) is 3.33. The van der Waals surface area contributed by atoms with Crippen LogP contribution in [0.4, 0.5) is 5.69 Å². The van der Waals surface area contributed by atoms with Crippen molar-refractivity contribution in [3.8, 4) is 0 Å². The van der Waals surface area contributed by atoms with E-state index in [2.05, 4.69) is 10.6 Å². The number of rotatable bonds is 7. The fourth-order valence-electron chi connectivity index (χ4n) is 2.74. The van der Waals surface area contributed by atoms with Gasteiger partial charge in [0.1, 0.15) is 6.04 Å². The van der Waals surface area contributed by atoms with E-state index in [0.717, 1.165) is 0 Å². The second-order valence-electron chi connectivity index (χ2n) is 7.11. The van der Waals surface area contributed by atoms with Gasteiger partial charge in [-0.1, -0.05) is 37.9 Å². The Kier molecular flexibility index (Phi) is 7.79. The summed E-state index contributed by atoms with van der Waals surface area (Å²) in [5, 5.41) is 6.15. The number of nitrogens with zero attached hydrogens (tertiary/aromatic N) is 1. The minimum Gasteiger partial charge on any atom is -0.345 e. The molecule has 6 nitrogen and oxygen atoms in total. The van der Waals surface area contributed by atoms with Crippen molar-refractivity contribution >= 4 is 35.0 Å². The summed E-state index contributed by atoms with van der Waals surface area (Å²) < 4.78 is 0. The molecule has 7 heteroatoms. The Morgan fingerprint density at radius 1 is 1.03 bits per heavy atom. The Morgan fingerprint density at radius 2 is 1.69 bits per heavy atom. The first kappa shape index (κ1) is 22.4. The summed E-state index contributed by atoms with van der Waals surface area (Å²) in [5.41, 5.74) is 1.39. The molecule has 2 aromatic rings. The molecule has 29 heavy (non-hydrogen) atoms. The van der Waals surface area contributed by atoms with Crippen LogP contribution in [0, 0.1) is 5.92 Å². The minimum absolute atomic E-state index is 0.0853. The summed E-state index contributed by atoms with van der Waals surface area (Å²) in [5.74, 6) is -0.928. The van der Waals surface area contributed by atoms with Gasteiger partial charge < -0.3 is 15.5 Å². The third-order valence-corrected chi connectivity index (χ3v) is 4.92. The van der Waals surface area contributed by atoms with Gasteiger partial charge in [0.15, 0.2) is 0 Å². The van der Waals surface area contributed by atoms with Crippen LogP contribution < -0.4 is 10.6 Å². The lowest BCUT2D eigenvalue weighted by molar-refractivity contribution is -0.119. The first-order valence-electron chi connectivity index (χ1n) is 9.42. The molecule has 0 fully saturated rings. The number of amides is 3. The fraction of sp³-hybridized carbons (Fsp3) is 0.318. The molecule has 2 N–H and O–H groups in total. The van der Waals surface area contributed by atoms with Crippen LogP contribution >= 0.6 is 11.6 Å². The van der Waals surface area contributed by atoms with Gasteiger partial charge >= 0.3 is 0 Å². The zero-order valence-corrected chi connectivity index (χ0v) is 17.8. The van der Waals surface area contributed by atoms with Gasteiger partial charge in [0.25, 0.3) is 11.8 Å². The Morgan fingerprint density at radius 3 is 2.28 bits per heavy atom. The second kappa shape index (κ2) is 10.1. The topological polar surface area (TPSA) is 78.5 Å². The largest absolute Gasteiger partial charge is 0.345 e. The zero-order chi connectivity index (χ0) is 21.6. The van der Waals surface area contributed by atoms with E-state index in [1.54, 1.807) is 62.6 Å². The molecular weight excluding hydrogens is 390 g/mol. The lowest BCUT2D eigenvalue weighted by Crippen LogP contribution is -2.47. The monoisotopic (exact) mass is 415 g/mol. The average Bonchev–Trinajstić information content (AvgIpc) is 2.71. The highest BCUT2D eigenvalue weighted by molar-refractivity contribution is 6.30. The zero-order valence-electron chi connectivity index (χ0n) is 17.0. The normalized spacial score (nSPS) is 12.6. The molecule has 0 saturated heterocycles. The third-order valence-electron chi connectivity index (χ3n) is 4.67. The Hall–Kier alpha value is -2.86. The third kappa shape index (κ3) is 6.06. The van der Waals surface area contributed by atoms with Crippen LogP contribution in [0.15, 0.2) is 48.5 Å². The molecule has 0 bridgehead atoms. The maximum atomic E-state index is 12.9. The molecule has 0 saturated carbocycles. The smallest absolute Gasteiger partial charge is 0.253 e. The van der Waals surface area contributed by atoms with Crippen LogP contribution in [0.1, 0.15) is 41.0 Å². The van der Waals surface area contributed by atoms with E-state index in [-0.39, 0.29) is 23.6 Å². The van der Waals surface area contributed by atoms with Crippen molar-refractivity contribution in [2.75, 3.05) is 19.4 Å². The van der Waals surface area contributed by atoms with Gasteiger partial charge in [-0.3, -0.25) is 14.4 Å². The Balaban J connectivity index is 2.17. The van der Waals surface area contributed by atoms with Gasteiger partial charge in [-0.2, -0.15) is 0 Å². The van der Waals surface area contributed by atoms with Gasteiger partial charge in [0, 0.05) is 35.9 Å². The van der Waals surface area contributed by atoms with Crippen molar-refractivity contribution in [2.24, 2.45) is 5.92 Å². The summed E-state index contributed by atoms with van der Waals surface area (Å²) in [4.78, 5) is 39.1. The van der Waals surface area contributed by atoms with E-state index in [9.17, 15) is 14.4 Å². The van der Waals surface area contributed by atoms with Gasteiger partial charge in [-0.15, -0.1) is 0 Å². The number of carbonyl (C=O) groups is 3. The summed E-state index contributed by atoms with van der Waals surface area (Å²) >= 11 is 5.87. The number of halogens is 1. The highest BCUT2D eigenvalue weighted by Gasteiger charge is 2.26. The van der Waals surface area contributed by atoms with Gasteiger partial charge in [-0.25, -0.2) is 0 Å². The lowest BCUT2D eigenvalue weighted by atomic mass is 9.97. The van der Waals surface area contributed by atoms with E-state index in [1.165, 1.54) is 4.90 Å². The van der Waals surface area contributed by atoms with Crippen LogP contribution in [0.2, 0.25) is 5.02 Å². The molecule has 0 spiro atoms. The number of hydrogen-bond acceptors (Lipinski definition) is 3. The number of carbonyl (C=O) groups excluding carboxylic acids is 3. The fourth-order valence-corrected chi connectivity index (χ4v) is 2.86. The molecule has 3 amide bonds. The molecule has 2 rings (SSSR count). The molecule has 0 radical (unpaired) electrons. The predicted molar refractivity (Wildman–Crippen MR) is 115 cm³/mol. The first-order valence-corrected chi connectivity index (χ1v) is 9.79. The number of hydrogen-bond donors (Lipinski definition) is 2. The van der Waals surface area contributed by atoms with Crippen LogP contribution in [0.5, 0.6) is 0 Å². The maximum absolute atomic E-state index is 12.9. The number of benzene rings is 2. The van der Waals surface area contributed by atoms with Crippen molar-refractivity contribution in [1.29, 1.82) is 0 Å². The lowest BCUT2D eigenvalue weighted by Gasteiger charge is -2.24. The molecule has 0 aliphatic rings. The predicted octanol–water partition coefficient (Wildman–Crippen LogP) is 3.83. The Bertz CT molecular complexity index is 881. The van der Waals surface area contributed by atoms with Crippen LogP contribution in [-0.2, 0) is 4.79 Å². The molecule has 2 unspecified atom stereocenters. The molecule has 0 aliphatic heterocycles. The molecule has 2 aromatic carbocycles.